The number of hydrogen-bond acceptors (Lipinski definition) is 7. The molecule has 3 N–H and O–H groups in total. The van der Waals surface area contributed by atoms with Crippen LogP contribution in [-0.2, 0) is 28.7 Å². The summed E-state index contributed by atoms with van der Waals surface area (Å²) in [5.74, 6) is -1.08. The standard InChI is InChI=1S/C24H44N4O7/c1-7-16(2)22(27(4)21(32)14-25-15-30)19(34-5)13-20(31)28-11-8-9-18(28)23(35-6)17(3)24(33)26-10-12-29/h15-19,22-23,29H,7-14H2,1-6H3,(H,25,30)(H,26,33). The van der Waals surface area contributed by atoms with Crippen LogP contribution in [0.3, 0.4) is 0 Å². The van der Waals surface area contributed by atoms with E-state index in [9.17, 15) is 19.2 Å². The molecule has 0 aromatic heterocycles. The fourth-order valence-electron chi connectivity index (χ4n) is 4.92. The molecule has 4 amide bonds. The predicted molar refractivity (Wildman–Crippen MR) is 130 cm³/mol. The fraction of sp³-hybridized carbons (Fsp3) is 0.833. The highest BCUT2D eigenvalue weighted by Gasteiger charge is 2.41. The molecule has 0 aromatic rings. The quantitative estimate of drug-likeness (QED) is 0.249. The number of ether oxygens (including phenoxy) is 2. The summed E-state index contributed by atoms with van der Waals surface area (Å²) >= 11 is 0. The number of rotatable bonds is 16. The van der Waals surface area contributed by atoms with Gasteiger partial charge in [0.15, 0.2) is 0 Å². The van der Waals surface area contributed by atoms with Crippen LogP contribution in [0.4, 0.5) is 0 Å². The number of likely N-dealkylation sites (tertiary alicyclic amines) is 1. The maximum atomic E-state index is 13.5. The van der Waals surface area contributed by atoms with Crippen LogP contribution in [0.5, 0.6) is 0 Å². The molecule has 1 saturated heterocycles. The summed E-state index contributed by atoms with van der Waals surface area (Å²) in [6.07, 6.45) is 1.79. The number of amides is 4. The van der Waals surface area contributed by atoms with Crippen molar-refractivity contribution >= 4 is 24.1 Å². The number of aliphatic hydroxyl groups is 1. The first-order valence-corrected chi connectivity index (χ1v) is 12.3. The van der Waals surface area contributed by atoms with Gasteiger partial charge in [-0.1, -0.05) is 27.2 Å². The Balaban J connectivity index is 3.03. The number of methoxy groups -OCH3 is 2. The van der Waals surface area contributed by atoms with E-state index in [-0.39, 0.29) is 61.8 Å². The van der Waals surface area contributed by atoms with Gasteiger partial charge in [-0.05, 0) is 18.8 Å². The minimum atomic E-state index is -0.546. The van der Waals surface area contributed by atoms with Gasteiger partial charge >= 0.3 is 0 Å². The minimum Gasteiger partial charge on any atom is -0.395 e. The second kappa shape index (κ2) is 15.7. The molecule has 6 atom stereocenters. The summed E-state index contributed by atoms with van der Waals surface area (Å²) in [6, 6.07) is -0.629. The van der Waals surface area contributed by atoms with Crippen LogP contribution in [0.2, 0.25) is 0 Å². The lowest BCUT2D eigenvalue weighted by molar-refractivity contribution is -0.145. The van der Waals surface area contributed by atoms with Gasteiger partial charge in [-0.2, -0.15) is 0 Å². The lowest BCUT2D eigenvalue weighted by atomic mass is 9.90. The lowest BCUT2D eigenvalue weighted by Crippen LogP contribution is -2.54. The highest BCUT2D eigenvalue weighted by Crippen LogP contribution is 2.29. The van der Waals surface area contributed by atoms with Crippen molar-refractivity contribution in [3.8, 4) is 0 Å². The van der Waals surface area contributed by atoms with E-state index < -0.39 is 18.1 Å². The van der Waals surface area contributed by atoms with Crippen molar-refractivity contribution in [1.82, 2.24) is 20.4 Å². The first kappa shape index (κ1) is 30.8. The van der Waals surface area contributed by atoms with Crippen molar-refractivity contribution in [1.29, 1.82) is 0 Å². The number of likely N-dealkylation sites (N-methyl/N-ethyl adjacent to an activating group) is 1. The van der Waals surface area contributed by atoms with Gasteiger partial charge < -0.3 is 35.0 Å². The molecule has 1 rings (SSSR count). The van der Waals surface area contributed by atoms with Crippen LogP contribution in [0.15, 0.2) is 0 Å². The molecule has 0 saturated carbocycles. The van der Waals surface area contributed by atoms with Gasteiger partial charge in [-0.25, -0.2) is 0 Å². The number of carbonyl (C=O) groups is 4. The summed E-state index contributed by atoms with van der Waals surface area (Å²) in [4.78, 5) is 52.5. The lowest BCUT2D eigenvalue weighted by Gasteiger charge is -2.39. The summed E-state index contributed by atoms with van der Waals surface area (Å²) in [5, 5.41) is 14.1. The highest BCUT2D eigenvalue weighted by molar-refractivity contribution is 5.81. The van der Waals surface area contributed by atoms with Crippen molar-refractivity contribution in [2.45, 2.75) is 70.7 Å². The molecule has 35 heavy (non-hydrogen) atoms. The zero-order valence-electron chi connectivity index (χ0n) is 22.0. The zero-order valence-corrected chi connectivity index (χ0v) is 22.0. The Labute approximate surface area is 208 Å². The van der Waals surface area contributed by atoms with E-state index in [2.05, 4.69) is 10.6 Å². The maximum absolute atomic E-state index is 13.5. The summed E-state index contributed by atoms with van der Waals surface area (Å²) in [6.45, 7) is 6.21. The molecule has 0 spiro atoms. The summed E-state index contributed by atoms with van der Waals surface area (Å²) in [7, 11) is 4.73. The van der Waals surface area contributed by atoms with Crippen molar-refractivity contribution < 1.29 is 33.8 Å². The Kier molecular flexibility index (Phi) is 13.8. The van der Waals surface area contributed by atoms with E-state index >= 15 is 0 Å². The van der Waals surface area contributed by atoms with E-state index in [1.165, 1.54) is 14.2 Å². The molecular formula is C24H44N4O7. The Morgan fingerprint density at radius 3 is 2.46 bits per heavy atom. The van der Waals surface area contributed by atoms with E-state index in [1.54, 1.807) is 23.8 Å². The summed E-state index contributed by atoms with van der Waals surface area (Å²) < 4.78 is 11.4. The molecule has 1 heterocycles. The van der Waals surface area contributed by atoms with E-state index in [0.29, 0.717) is 19.4 Å². The molecule has 6 unspecified atom stereocenters. The van der Waals surface area contributed by atoms with Gasteiger partial charge in [0, 0.05) is 34.4 Å². The zero-order chi connectivity index (χ0) is 26.5. The number of hydrogen-bond donors (Lipinski definition) is 3. The molecule has 11 nitrogen and oxygen atoms in total. The molecule has 1 aliphatic heterocycles. The topological polar surface area (TPSA) is 138 Å². The number of aliphatic hydroxyl groups excluding tert-OH is 1. The summed E-state index contributed by atoms with van der Waals surface area (Å²) in [5.41, 5.74) is 0. The molecule has 0 aliphatic carbocycles. The Morgan fingerprint density at radius 1 is 1.23 bits per heavy atom. The Hall–Kier alpha value is -2.24. The predicted octanol–water partition coefficient (Wildman–Crippen LogP) is -0.239. The van der Waals surface area contributed by atoms with Crippen LogP contribution in [0.1, 0.15) is 46.5 Å². The van der Waals surface area contributed by atoms with Gasteiger partial charge in [0.05, 0.1) is 49.8 Å². The molecule has 1 aliphatic rings. The van der Waals surface area contributed by atoms with E-state index in [4.69, 9.17) is 14.6 Å². The van der Waals surface area contributed by atoms with E-state index in [0.717, 1.165) is 12.8 Å². The molecule has 0 radical (unpaired) electrons. The maximum Gasteiger partial charge on any atom is 0.242 e. The third kappa shape index (κ3) is 8.43. The Bertz CT molecular complexity index is 693. The SMILES string of the molecule is CCC(C)C(C(CC(=O)N1CCCC1C(OC)C(C)C(=O)NCCO)OC)N(C)C(=O)CNC=O. The third-order valence-electron chi connectivity index (χ3n) is 7.05. The largest absolute Gasteiger partial charge is 0.395 e. The van der Waals surface area contributed by atoms with Crippen molar-refractivity contribution in [2.75, 3.05) is 47.5 Å². The first-order valence-electron chi connectivity index (χ1n) is 12.3. The molecule has 0 bridgehead atoms. The normalized spacial score (nSPS) is 19.9. The van der Waals surface area contributed by atoms with Crippen molar-refractivity contribution in [3.63, 3.8) is 0 Å². The van der Waals surface area contributed by atoms with E-state index in [1.807, 2.05) is 13.8 Å². The van der Waals surface area contributed by atoms with Gasteiger partial charge in [0.2, 0.25) is 24.1 Å². The molecule has 0 aromatic carbocycles. The smallest absolute Gasteiger partial charge is 0.242 e. The Morgan fingerprint density at radius 2 is 1.91 bits per heavy atom. The van der Waals surface area contributed by atoms with Gasteiger partial charge in [-0.3, -0.25) is 19.2 Å². The van der Waals surface area contributed by atoms with Gasteiger partial charge in [0.25, 0.3) is 0 Å². The second-order valence-corrected chi connectivity index (χ2v) is 9.16. The van der Waals surface area contributed by atoms with Gasteiger partial charge in [-0.15, -0.1) is 0 Å². The molecule has 11 heteroatoms. The monoisotopic (exact) mass is 500 g/mol. The third-order valence-corrected chi connectivity index (χ3v) is 7.05. The first-order chi connectivity index (χ1) is 16.7. The van der Waals surface area contributed by atoms with Crippen molar-refractivity contribution in [3.05, 3.63) is 0 Å². The molecule has 202 valence electrons. The number of carbonyl (C=O) groups excluding carboxylic acids is 4. The number of nitrogens with zero attached hydrogens (tertiary/aromatic N) is 2. The average Bonchev–Trinajstić information content (AvgIpc) is 3.34. The number of nitrogens with one attached hydrogen (secondary N) is 2. The van der Waals surface area contributed by atoms with Crippen LogP contribution < -0.4 is 10.6 Å². The average molecular weight is 501 g/mol. The van der Waals surface area contributed by atoms with Crippen LogP contribution in [0.25, 0.3) is 0 Å². The highest BCUT2D eigenvalue weighted by atomic mass is 16.5. The fourth-order valence-corrected chi connectivity index (χ4v) is 4.92. The van der Waals surface area contributed by atoms with Crippen LogP contribution in [0, 0.1) is 11.8 Å². The second-order valence-electron chi connectivity index (χ2n) is 9.16. The van der Waals surface area contributed by atoms with Crippen LogP contribution >= 0.6 is 0 Å². The van der Waals surface area contributed by atoms with Crippen LogP contribution in [-0.4, -0.2) is 111 Å². The minimum absolute atomic E-state index is 0.0503. The molecular weight excluding hydrogens is 456 g/mol. The van der Waals surface area contributed by atoms with Crippen molar-refractivity contribution in [2.24, 2.45) is 11.8 Å². The molecule has 1 fully saturated rings. The van der Waals surface area contributed by atoms with Gasteiger partial charge in [0.1, 0.15) is 0 Å².